The summed E-state index contributed by atoms with van der Waals surface area (Å²) in [5.74, 6) is -0.425. The number of benzene rings is 2. The Hall–Kier alpha value is -2.44. The Balaban J connectivity index is 1.79. The molecule has 0 amide bonds. The first kappa shape index (κ1) is 25.8. The summed E-state index contributed by atoms with van der Waals surface area (Å²) >= 11 is 0. The van der Waals surface area contributed by atoms with Gasteiger partial charge >= 0.3 is 5.97 Å². The van der Waals surface area contributed by atoms with Gasteiger partial charge in [0.05, 0.1) is 11.1 Å². The van der Waals surface area contributed by atoms with E-state index < -0.39 is 14.3 Å². The molecule has 0 aliphatic heterocycles. The van der Waals surface area contributed by atoms with Gasteiger partial charge in [-0.05, 0) is 61.3 Å². The molecule has 6 heteroatoms. The second-order valence-electron chi connectivity index (χ2n) is 9.63. The molecule has 0 atom stereocenters. The topological polar surface area (TPSA) is 72.8 Å². The molecule has 0 spiro atoms. The van der Waals surface area contributed by atoms with Crippen LogP contribution in [0.15, 0.2) is 48.5 Å². The number of ketones is 1. The average Bonchev–Trinajstić information content (AvgIpc) is 2.73. The molecule has 174 valence electrons. The Morgan fingerprint density at radius 3 is 2.25 bits per heavy atom. The van der Waals surface area contributed by atoms with Gasteiger partial charge in [0.1, 0.15) is 11.5 Å². The Labute approximate surface area is 192 Å². The third kappa shape index (κ3) is 7.60. The first-order valence-electron chi connectivity index (χ1n) is 11.3. The summed E-state index contributed by atoms with van der Waals surface area (Å²) in [6, 6.07) is 13.0. The zero-order chi connectivity index (χ0) is 23.8. The van der Waals surface area contributed by atoms with Gasteiger partial charge in [0.2, 0.25) is 0 Å². The number of esters is 1. The molecule has 2 aromatic rings. The summed E-state index contributed by atoms with van der Waals surface area (Å²) in [5.41, 5.74) is 0.395. The molecule has 0 fully saturated rings. The summed E-state index contributed by atoms with van der Waals surface area (Å²) in [7, 11) is -1.70. The molecule has 2 rings (SSSR count). The Bertz CT molecular complexity index is 900. The number of Topliss-reactive ketones (excluding diaryl/α,β-unsaturated/α-hetero) is 1. The third-order valence-electron chi connectivity index (χ3n) is 6.05. The van der Waals surface area contributed by atoms with Crippen LogP contribution in [0.4, 0.5) is 0 Å². The second-order valence-corrected chi connectivity index (χ2v) is 14.4. The van der Waals surface area contributed by atoms with Crippen molar-refractivity contribution in [2.45, 2.75) is 71.0 Å². The lowest BCUT2D eigenvalue weighted by molar-refractivity contribution is 0.0734. The third-order valence-corrected chi connectivity index (χ3v) is 10.6. The van der Waals surface area contributed by atoms with Crippen LogP contribution >= 0.6 is 0 Å². The normalized spacial score (nSPS) is 11.9. The van der Waals surface area contributed by atoms with Crippen LogP contribution in [0.3, 0.4) is 0 Å². The molecule has 0 aliphatic rings. The number of rotatable bonds is 11. The number of carbonyl (C=O) groups is 2. The monoisotopic (exact) mass is 456 g/mol. The van der Waals surface area contributed by atoms with Crippen molar-refractivity contribution in [1.29, 1.82) is 0 Å². The largest absolute Gasteiger partial charge is 0.507 e. The zero-order valence-corrected chi connectivity index (χ0v) is 20.9. The van der Waals surface area contributed by atoms with E-state index in [1.165, 1.54) is 18.2 Å². The highest BCUT2D eigenvalue weighted by Gasteiger charge is 2.36. The van der Waals surface area contributed by atoms with Crippen LogP contribution < -0.4 is 4.74 Å². The summed E-state index contributed by atoms with van der Waals surface area (Å²) < 4.78 is 11.5. The fourth-order valence-corrected chi connectivity index (χ4v) is 4.05. The van der Waals surface area contributed by atoms with Crippen molar-refractivity contribution in [3.05, 3.63) is 59.7 Å². The first-order chi connectivity index (χ1) is 15.0. The predicted octanol–water partition coefficient (Wildman–Crippen LogP) is 6.77. The molecule has 0 aliphatic carbocycles. The van der Waals surface area contributed by atoms with Crippen molar-refractivity contribution in [2.75, 3.05) is 6.61 Å². The van der Waals surface area contributed by atoms with E-state index >= 15 is 0 Å². The molecular formula is C26H36O5Si. The van der Waals surface area contributed by atoms with E-state index in [-0.39, 0.29) is 27.7 Å². The molecule has 5 nitrogen and oxygen atoms in total. The van der Waals surface area contributed by atoms with Gasteiger partial charge in [-0.1, -0.05) is 51.8 Å². The number of para-hydroxylation sites is 1. The highest BCUT2D eigenvalue weighted by Crippen LogP contribution is 2.36. The molecule has 0 unspecified atom stereocenters. The van der Waals surface area contributed by atoms with Crippen molar-refractivity contribution in [3.8, 4) is 11.5 Å². The summed E-state index contributed by atoms with van der Waals surface area (Å²) in [6.07, 6.45) is 3.96. The van der Waals surface area contributed by atoms with Crippen molar-refractivity contribution in [1.82, 2.24) is 0 Å². The fraction of sp³-hybridized carbons (Fsp3) is 0.462. The van der Waals surface area contributed by atoms with Gasteiger partial charge in [-0.15, -0.1) is 0 Å². The molecule has 0 saturated carbocycles. The number of aromatic hydroxyl groups is 1. The first-order valence-corrected chi connectivity index (χ1v) is 14.2. The van der Waals surface area contributed by atoms with Gasteiger partial charge in [-0.3, -0.25) is 4.79 Å². The maximum absolute atomic E-state index is 12.6. The number of hydrogen-bond acceptors (Lipinski definition) is 5. The lowest BCUT2D eigenvalue weighted by Gasteiger charge is -2.36. The number of ether oxygens (including phenoxy) is 1. The van der Waals surface area contributed by atoms with Crippen LogP contribution in [-0.4, -0.2) is 31.8 Å². The minimum Gasteiger partial charge on any atom is -0.507 e. The van der Waals surface area contributed by atoms with E-state index in [1.54, 1.807) is 24.3 Å². The van der Waals surface area contributed by atoms with Crippen LogP contribution in [-0.2, 0) is 4.43 Å². The van der Waals surface area contributed by atoms with Crippen molar-refractivity contribution < 1.29 is 23.9 Å². The van der Waals surface area contributed by atoms with Crippen LogP contribution in [0.1, 0.15) is 73.6 Å². The standard InChI is InChI=1S/C26H36O5Si/c1-26(2,3)32(4,5)30-18-12-7-6-11-15-23(27)22-19-20(16-17-24(22)28)25(29)31-21-13-9-8-10-14-21/h8-10,13-14,16-17,19,28H,6-7,11-12,15,18H2,1-5H3. The van der Waals surface area contributed by atoms with E-state index in [0.29, 0.717) is 12.2 Å². The van der Waals surface area contributed by atoms with Gasteiger partial charge in [0.15, 0.2) is 14.1 Å². The molecule has 0 heterocycles. The smallest absolute Gasteiger partial charge is 0.343 e. The molecule has 1 N–H and O–H groups in total. The number of unbranched alkanes of at least 4 members (excludes halogenated alkanes) is 3. The molecular weight excluding hydrogens is 420 g/mol. The predicted molar refractivity (Wildman–Crippen MR) is 130 cm³/mol. The summed E-state index contributed by atoms with van der Waals surface area (Å²) in [4.78, 5) is 25.0. The van der Waals surface area contributed by atoms with E-state index in [2.05, 4.69) is 33.9 Å². The van der Waals surface area contributed by atoms with Crippen molar-refractivity contribution in [3.63, 3.8) is 0 Å². The van der Waals surface area contributed by atoms with Gasteiger partial charge in [0, 0.05) is 13.0 Å². The van der Waals surface area contributed by atoms with Crippen LogP contribution in [0.5, 0.6) is 11.5 Å². The zero-order valence-electron chi connectivity index (χ0n) is 19.9. The van der Waals surface area contributed by atoms with Crippen LogP contribution in [0.2, 0.25) is 18.1 Å². The quantitative estimate of drug-likeness (QED) is 0.133. The van der Waals surface area contributed by atoms with Gasteiger partial charge in [-0.25, -0.2) is 4.79 Å². The Kier molecular flexibility index (Phi) is 9.22. The Morgan fingerprint density at radius 2 is 1.59 bits per heavy atom. The number of phenolic OH excluding ortho intramolecular Hbond substituents is 1. The van der Waals surface area contributed by atoms with E-state index in [9.17, 15) is 14.7 Å². The minimum atomic E-state index is -1.70. The summed E-state index contributed by atoms with van der Waals surface area (Å²) in [5, 5.41) is 10.3. The molecule has 32 heavy (non-hydrogen) atoms. The highest BCUT2D eigenvalue weighted by atomic mass is 28.4. The average molecular weight is 457 g/mol. The SMILES string of the molecule is CC(C)(C)[Si](C)(C)OCCCCCCC(=O)c1cc(C(=O)Oc2ccccc2)ccc1O. The van der Waals surface area contributed by atoms with Crippen molar-refractivity contribution in [2.24, 2.45) is 0 Å². The molecule has 0 bridgehead atoms. The fourth-order valence-electron chi connectivity index (χ4n) is 2.96. The maximum Gasteiger partial charge on any atom is 0.343 e. The van der Waals surface area contributed by atoms with Gasteiger partial charge < -0.3 is 14.3 Å². The number of phenols is 1. The lowest BCUT2D eigenvalue weighted by Crippen LogP contribution is -2.40. The second kappa shape index (κ2) is 11.4. The minimum absolute atomic E-state index is 0.117. The summed E-state index contributed by atoms with van der Waals surface area (Å²) in [6.45, 7) is 12.0. The van der Waals surface area contributed by atoms with Crippen LogP contribution in [0.25, 0.3) is 0 Å². The van der Waals surface area contributed by atoms with Crippen LogP contribution in [0, 0.1) is 0 Å². The van der Waals surface area contributed by atoms with Gasteiger partial charge in [0.25, 0.3) is 0 Å². The molecule has 0 radical (unpaired) electrons. The molecule has 2 aromatic carbocycles. The number of carbonyl (C=O) groups excluding carboxylic acids is 2. The van der Waals surface area contributed by atoms with Gasteiger partial charge in [-0.2, -0.15) is 0 Å². The maximum atomic E-state index is 12.6. The highest BCUT2D eigenvalue weighted by molar-refractivity contribution is 6.74. The van der Waals surface area contributed by atoms with Crippen molar-refractivity contribution >= 4 is 20.1 Å². The Morgan fingerprint density at radius 1 is 0.938 bits per heavy atom. The van der Waals surface area contributed by atoms with E-state index in [4.69, 9.17) is 9.16 Å². The molecule has 0 saturated heterocycles. The lowest BCUT2D eigenvalue weighted by atomic mass is 10.0. The molecule has 0 aromatic heterocycles. The van der Waals surface area contributed by atoms with E-state index in [0.717, 1.165) is 32.3 Å². The number of hydrogen-bond donors (Lipinski definition) is 1. The van der Waals surface area contributed by atoms with E-state index in [1.807, 2.05) is 6.07 Å².